The van der Waals surface area contributed by atoms with Crippen molar-refractivity contribution in [3.63, 3.8) is 0 Å². The second kappa shape index (κ2) is 9.49. The Labute approximate surface area is 91.6 Å². The van der Waals surface area contributed by atoms with Gasteiger partial charge < -0.3 is 9.84 Å². The van der Waals surface area contributed by atoms with Crippen molar-refractivity contribution in [2.24, 2.45) is 5.92 Å². The molecular formula is C11H22O4. The molecule has 0 amide bonds. The zero-order valence-corrected chi connectivity index (χ0v) is 10.2. The number of hydrogen-bond donors (Lipinski definition) is 1. The van der Waals surface area contributed by atoms with Crippen molar-refractivity contribution in [3.05, 3.63) is 0 Å². The lowest BCUT2D eigenvalue weighted by Gasteiger charge is -2.05. The van der Waals surface area contributed by atoms with Gasteiger partial charge in [-0.1, -0.05) is 20.8 Å². The smallest absolute Gasteiger partial charge is 0.306 e. The molecule has 0 aromatic heterocycles. The fourth-order valence-electron chi connectivity index (χ4n) is 0.526. The van der Waals surface area contributed by atoms with E-state index in [4.69, 9.17) is 9.84 Å². The van der Waals surface area contributed by atoms with E-state index in [1.165, 1.54) is 0 Å². The predicted molar refractivity (Wildman–Crippen MR) is 58.6 cm³/mol. The van der Waals surface area contributed by atoms with Gasteiger partial charge in [0.25, 0.3) is 0 Å². The Kier molecular flexibility index (Phi) is 10.4. The summed E-state index contributed by atoms with van der Waals surface area (Å²) >= 11 is 0. The number of esters is 1. The molecule has 0 rings (SSSR count). The molecule has 0 unspecified atom stereocenters. The van der Waals surface area contributed by atoms with Crippen molar-refractivity contribution in [3.8, 4) is 0 Å². The van der Waals surface area contributed by atoms with E-state index in [1.807, 2.05) is 20.8 Å². The van der Waals surface area contributed by atoms with Crippen LogP contribution in [0.4, 0.5) is 0 Å². The molecular weight excluding hydrogens is 196 g/mol. The molecule has 4 heteroatoms. The molecule has 0 radical (unpaired) electrons. The Morgan fingerprint density at radius 1 is 1.20 bits per heavy atom. The van der Waals surface area contributed by atoms with Crippen molar-refractivity contribution >= 4 is 11.9 Å². The van der Waals surface area contributed by atoms with Gasteiger partial charge in [0.15, 0.2) is 0 Å². The van der Waals surface area contributed by atoms with Gasteiger partial charge in [0, 0.05) is 6.42 Å². The molecule has 90 valence electrons. The van der Waals surface area contributed by atoms with Crippen LogP contribution in [0.15, 0.2) is 0 Å². The summed E-state index contributed by atoms with van der Waals surface area (Å²) < 4.78 is 4.85. The summed E-state index contributed by atoms with van der Waals surface area (Å²) in [5.74, 6) is -1.06. The third kappa shape index (κ3) is 15.7. The second-order valence-electron chi connectivity index (χ2n) is 3.78. The highest BCUT2D eigenvalue weighted by Gasteiger charge is 2.01. The molecule has 0 fully saturated rings. The Morgan fingerprint density at radius 2 is 1.60 bits per heavy atom. The van der Waals surface area contributed by atoms with Crippen LogP contribution in [0.5, 0.6) is 0 Å². The molecule has 0 aliphatic heterocycles. The van der Waals surface area contributed by atoms with Gasteiger partial charge in [-0.2, -0.15) is 0 Å². The van der Waals surface area contributed by atoms with E-state index < -0.39 is 5.97 Å². The lowest BCUT2D eigenvalue weighted by molar-refractivity contribution is -0.147. The highest BCUT2D eigenvalue weighted by molar-refractivity contribution is 5.69. The van der Waals surface area contributed by atoms with Crippen LogP contribution in [-0.4, -0.2) is 23.1 Å². The van der Waals surface area contributed by atoms with Crippen molar-refractivity contribution in [2.75, 3.05) is 0 Å². The molecule has 0 saturated carbocycles. The first-order valence-corrected chi connectivity index (χ1v) is 5.23. The lowest BCUT2D eigenvalue weighted by atomic mass is 10.2. The molecule has 1 N–H and O–H groups in total. The third-order valence-corrected chi connectivity index (χ3v) is 1.32. The first-order valence-electron chi connectivity index (χ1n) is 5.23. The Morgan fingerprint density at radius 3 is 1.80 bits per heavy atom. The summed E-state index contributed by atoms with van der Waals surface area (Å²) in [5, 5.41) is 7.99. The molecule has 0 aliphatic carbocycles. The zero-order chi connectivity index (χ0) is 12.4. The van der Waals surface area contributed by atoms with E-state index in [0.717, 1.165) is 6.42 Å². The van der Waals surface area contributed by atoms with Gasteiger partial charge in [-0.15, -0.1) is 0 Å². The van der Waals surface area contributed by atoms with Gasteiger partial charge in [0.05, 0.1) is 12.0 Å². The minimum Gasteiger partial charge on any atom is -0.481 e. The zero-order valence-electron chi connectivity index (χ0n) is 10.2. The van der Waals surface area contributed by atoms with E-state index >= 15 is 0 Å². The van der Waals surface area contributed by atoms with Gasteiger partial charge in [0.1, 0.15) is 0 Å². The highest BCUT2D eigenvalue weighted by atomic mass is 16.5. The van der Waals surface area contributed by atoms with E-state index in [1.54, 1.807) is 13.8 Å². The monoisotopic (exact) mass is 218 g/mol. The summed E-state index contributed by atoms with van der Waals surface area (Å²) in [4.78, 5) is 20.3. The number of carbonyl (C=O) groups is 2. The maximum absolute atomic E-state index is 10.6. The van der Waals surface area contributed by atoms with Crippen LogP contribution >= 0.6 is 0 Å². The van der Waals surface area contributed by atoms with Crippen molar-refractivity contribution in [1.82, 2.24) is 0 Å². The van der Waals surface area contributed by atoms with Gasteiger partial charge in [-0.25, -0.2) is 0 Å². The summed E-state index contributed by atoms with van der Waals surface area (Å²) in [6.07, 6.45) is 1.44. The number of rotatable bonds is 4. The third-order valence-electron chi connectivity index (χ3n) is 1.32. The number of hydrogen-bond acceptors (Lipinski definition) is 3. The Balaban J connectivity index is 0. The number of carboxylic acid groups (broad SMARTS) is 1. The quantitative estimate of drug-likeness (QED) is 0.736. The number of carboxylic acids is 1. The van der Waals surface area contributed by atoms with Crippen molar-refractivity contribution in [2.45, 2.75) is 53.6 Å². The minimum absolute atomic E-state index is 0.0315. The number of ether oxygens (including phenoxy) is 1. The first-order chi connectivity index (χ1) is 6.81. The molecule has 0 heterocycles. The average Bonchev–Trinajstić information content (AvgIpc) is 2.03. The molecule has 0 bridgehead atoms. The summed E-state index contributed by atoms with van der Waals surface area (Å²) in [5.41, 5.74) is 0. The number of aliphatic carboxylic acids is 1. The van der Waals surface area contributed by atoms with E-state index in [2.05, 4.69) is 0 Å². The Hall–Kier alpha value is -1.06. The maximum Gasteiger partial charge on any atom is 0.306 e. The van der Waals surface area contributed by atoms with Gasteiger partial charge in [0.2, 0.25) is 0 Å². The van der Waals surface area contributed by atoms with Crippen LogP contribution in [0, 0.1) is 5.92 Å². The minimum atomic E-state index is -0.741. The molecule has 0 spiro atoms. The van der Waals surface area contributed by atoms with Crippen LogP contribution < -0.4 is 0 Å². The van der Waals surface area contributed by atoms with Crippen LogP contribution in [0.25, 0.3) is 0 Å². The standard InChI is InChI=1S/C7H14O2.C4H8O2/c1-4-5-7(8)9-6(2)3;1-3(2)4(5)6/h6H,4-5H2,1-3H3;3H,1-2H3,(H,5,6). The summed E-state index contributed by atoms with van der Waals surface area (Å²) in [7, 11) is 0. The molecule has 0 atom stereocenters. The van der Waals surface area contributed by atoms with Gasteiger partial charge in [-0.3, -0.25) is 9.59 Å². The van der Waals surface area contributed by atoms with Crippen LogP contribution in [0.2, 0.25) is 0 Å². The second-order valence-corrected chi connectivity index (χ2v) is 3.78. The van der Waals surface area contributed by atoms with Crippen LogP contribution in [0.3, 0.4) is 0 Å². The SMILES string of the molecule is CC(C)C(=O)O.CCCC(=O)OC(C)C. The van der Waals surface area contributed by atoms with Crippen molar-refractivity contribution < 1.29 is 19.4 Å². The predicted octanol–water partition coefficient (Wildman–Crippen LogP) is 2.47. The topological polar surface area (TPSA) is 63.6 Å². The van der Waals surface area contributed by atoms with E-state index in [9.17, 15) is 9.59 Å². The van der Waals surface area contributed by atoms with Gasteiger partial charge in [-0.05, 0) is 20.3 Å². The normalized spacial score (nSPS) is 9.53. The fraction of sp³-hybridized carbons (Fsp3) is 0.818. The van der Waals surface area contributed by atoms with E-state index in [0.29, 0.717) is 6.42 Å². The molecule has 0 aliphatic rings. The molecule has 0 aromatic rings. The van der Waals surface area contributed by atoms with Crippen LogP contribution in [0.1, 0.15) is 47.5 Å². The Bertz CT molecular complexity index is 185. The molecule has 15 heavy (non-hydrogen) atoms. The van der Waals surface area contributed by atoms with Crippen LogP contribution in [-0.2, 0) is 14.3 Å². The number of carbonyl (C=O) groups excluding carboxylic acids is 1. The largest absolute Gasteiger partial charge is 0.481 e. The fourth-order valence-corrected chi connectivity index (χ4v) is 0.526. The first kappa shape index (κ1) is 16.4. The van der Waals surface area contributed by atoms with Gasteiger partial charge >= 0.3 is 11.9 Å². The maximum atomic E-state index is 10.6. The summed E-state index contributed by atoms with van der Waals surface area (Å²) in [6, 6.07) is 0. The summed E-state index contributed by atoms with van der Waals surface area (Å²) in [6.45, 7) is 8.95. The molecule has 0 saturated heterocycles. The molecule has 0 aromatic carbocycles. The molecule has 4 nitrogen and oxygen atoms in total. The lowest BCUT2D eigenvalue weighted by Crippen LogP contribution is -2.10. The van der Waals surface area contributed by atoms with Crippen molar-refractivity contribution in [1.29, 1.82) is 0 Å². The van der Waals surface area contributed by atoms with E-state index in [-0.39, 0.29) is 18.0 Å². The average molecular weight is 218 g/mol. The highest BCUT2D eigenvalue weighted by Crippen LogP contribution is 1.94.